The van der Waals surface area contributed by atoms with E-state index in [1.807, 2.05) is 30.3 Å². The van der Waals surface area contributed by atoms with E-state index in [4.69, 9.17) is 10.5 Å². The molecule has 26 heavy (non-hydrogen) atoms. The maximum absolute atomic E-state index is 13.0. The van der Waals surface area contributed by atoms with Gasteiger partial charge in [0.2, 0.25) is 10.0 Å². The third-order valence-corrected chi connectivity index (χ3v) is 5.79. The SMILES string of the molecule is COc1cc([N+](=O)[O-])ccc1S(=O)(=O)N(CCN)CCc1ccccc1. The Hall–Kier alpha value is -2.49. The number of non-ortho nitro benzene ring substituents is 1. The normalized spacial score (nSPS) is 11.5. The van der Waals surface area contributed by atoms with E-state index in [-0.39, 0.29) is 36.0 Å². The van der Waals surface area contributed by atoms with Crippen LogP contribution >= 0.6 is 0 Å². The molecule has 0 spiro atoms. The number of nitro benzene ring substituents is 1. The topological polar surface area (TPSA) is 116 Å². The van der Waals surface area contributed by atoms with E-state index in [0.717, 1.165) is 17.7 Å². The van der Waals surface area contributed by atoms with E-state index in [2.05, 4.69) is 0 Å². The van der Waals surface area contributed by atoms with Crippen molar-refractivity contribution in [2.75, 3.05) is 26.7 Å². The van der Waals surface area contributed by atoms with Crippen molar-refractivity contribution in [3.63, 3.8) is 0 Å². The third-order valence-electron chi connectivity index (χ3n) is 3.85. The molecule has 2 aromatic rings. The van der Waals surface area contributed by atoms with Gasteiger partial charge in [0.1, 0.15) is 10.6 Å². The van der Waals surface area contributed by atoms with Crippen LogP contribution < -0.4 is 10.5 Å². The van der Waals surface area contributed by atoms with Crippen LogP contribution in [-0.4, -0.2) is 44.4 Å². The fourth-order valence-corrected chi connectivity index (χ4v) is 4.11. The summed E-state index contributed by atoms with van der Waals surface area (Å²) >= 11 is 0. The number of nitrogens with two attached hydrogens (primary N) is 1. The molecule has 0 saturated carbocycles. The van der Waals surface area contributed by atoms with E-state index in [1.165, 1.54) is 17.5 Å². The minimum Gasteiger partial charge on any atom is -0.495 e. The van der Waals surface area contributed by atoms with Crippen LogP contribution in [-0.2, 0) is 16.4 Å². The first-order valence-electron chi connectivity index (χ1n) is 7.96. The average Bonchev–Trinajstić information content (AvgIpc) is 2.65. The maximum atomic E-state index is 13.0. The summed E-state index contributed by atoms with van der Waals surface area (Å²) in [5.74, 6) is -0.0686. The molecule has 0 radical (unpaired) electrons. The van der Waals surface area contributed by atoms with Gasteiger partial charge in [0.05, 0.1) is 18.1 Å². The number of rotatable bonds is 9. The molecule has 0 aliphatic heterocycles. The lowest BCUT2D eigenvalue weighted by Gasteiger charge is -2.22. The maximum Gasteiger partial charge on any atom is 0.273 e. The molecule has 8 nitrogen and oxygen atoms in total. The van der Waals surface area contributed by atoms with Crippen LogP contribution in [0.4, 0.5) is 5.69 Å². The fourth-order valence-electron chi connectivity index (χ4n) is 2.52. The van der Waals surface area contributed by atoms with Crippen LogP contribution in [0.5, 0.6) is 5.75 Å². The Morgan fingerprint density at radius 3 is 2.42 bits per heavy atom. The number of sulfonamides is 1. The Kier molecular flexibility index (Phi) is 6.67. The molecular weight excluding hydrogens is 358 g/mol. The number of ether oxygens (including phenoxy) is 1. The first-order valence-corrected chi connectivity index (χ1v) is 9.40. The number of benzene rings is 2. The zero-order valence-electron chi connectivity index (χ0n) is 14.4. The molecule has 0 heterocycles. The lowest BCUT2D eigenvalue weighted by atomic mass is 10.1. The molecule has 2 aromatic carbocycles. The van der Waals surface area contributed by atoms with Gasteiger partial charge in [-0.05, 0) is 18.1 Å². The molecule has 0 atom stereocenters. The molecule has 0 unspecified atom stereocenters. The van der Waals surface area contributed by atoms with Crippen molar-refractivity contribution in [2.24, 2.45) is 5.73 Å². The minimum absolute atomic E-state index is 0.0686. The van der Waals surface area contributed by atoms with Crippen molar-refractivity contribution in [3.05, 3.63) is 64.2 Å². The molecule has 0 aromatic heterocycles. The van der Waals surface area contributed by atoms with Gasteiger partial charge in [0.15, 0.2) is 0 Å². The highest BCUT2D eigenvalue weighted by molar-refractivity contribution is 7.89. The van der Waals surface area contributed by atoms with Gasteiger partial charge in [-0.15, -0.1) is 0 Å². The first-order chi connectivity index (χ1) is 12.4. The van der Waals surface area contributed by atoms with Gasteiger partial charge in [-0.25, -0.2) is 8.42 Å². The number of nitrogens with zero attached hydrogens (tertiary/aromatic N) is 2. The minimum atomic E-state index is -3.91. The van der Waals surface area contributed by atoms with Crippen molar-refractivity contribution >= 4 is 15.7 Å². The molecular formula is C17H21N3O5S. The molecule has 0 fully saturated rings. The van der Waals surface area contributed by atoms with Gasteiger partial charge in [0.25, 0.3) is 5.69 Å². The van der Waals surface area contributed by atoms with E-state index >= 15 is 0 Å². The molecule has 2 rings (SSSR count). The predicted octanol–water partition coefficient (Wildman–Crippen LogP) is 1.80. The van der Waals surface area contributed by atoms with E-state index in [1.54, 1.807) is 0 Å². The van der Waals surface area contributed by atoms with Gasteiger partial charge in [-0.2, -0.15) is 4.31 Å². The molecule has 0 amide bonds. The molecule has 0 aliphatic rings. The number of methoxy groups -OCH3 is 1. The standard InChI is InChI=1S/C17H21N3O5S/c1-25-16-13-15(20(21)22)7-8-17(16)26(23,24)19(12-10-18)11-9-14-5-3-2-4-6-14/h2-8,13H,9-12,18H2,1H3. The van der Waals surface area contributed by atoms with Crippen LogP contribution in [0.1, 0.15) is 5.56 Å². The number of nitro groups is 1. The molecule has 140 valence electrons. The second kappa shape index (κ2) is 8.75. The average molecular weight is 379 g/mol. The molecule has 0 aliphatic carbocycles. The fraction of sp³-hybridized carbons (Fsp3) is 0.294. The Bertz CT molecular complexity index is 856. The van der Waals surface area contributed by atoms with E-state index < -0.39 is 14.9 Å². The van der Waals surface area contributed by atoms with Crippen LogP contribution in [0, 0.1) is 10.1 Å². The van der Waals surface area contributed by atoms with Crippen molar-refractivity contribution in [1.29, 1.82) is 0 Å². The Morgan fingerprint density at radius 1 is 1.15 bits per heavy atom. The van der Waals surface area contributed by atoms with Crippen molar-refractivity contribution < 1.29 is 18.1 Å². The summed E-state index contributed by atoms with van der Waals surface area (Å²) in [5.41, 5.74) is 6.34. The zero-order chi connectivity index (χ0) is 19.2. The summed E-state index contributed by atoms with van der Waals surface area (Å²) in [6.45, 7) is 0.530. The first kappa shape index (κ1) is 19.8. The zero-order valence-corrected chi connectivity index (χ0v) is 15.2. The highest BCUT2D eigenvalue weighted by Gasteiger charge is 2.28. The van der Waals surface area contributed by atoms with Gasteiger partial charge >= 0.3 is 0 Å². The number of hydrogen-bond acceptors (Lipinski definition) is 6. The highest BCUT2D eigenvalue weighted by Crippen LogP contribution is 2.30. The molecule has 2 N–H and O–H groups in total. The van der Waals surface area contributed by atoms with Crippen molar-refractivity contribution in [1.82, 2.24) is 4.31 Å². The predicted molar refractivity (Wildman–Crippen MR) is 97.6 cm³/mol. The Morgan fingerprint density at radius 2 is 1.85 bits per heavy atom. The van der Waals surface area contributed by atoms with Gasteiger partial charge in [-0.3, -0.25) is 10.1 Å². The second-order valence-electron chi connectivity index (χ2n) is 5.52. The van der Waals surface area contributed by atoms with E-state index in [9.17, 15) is 18.5 Å². The smallest absolute Gasteiger partial charge is 0.273 e. The molecule has 9 heteroatoms. The summed E-state index contributed by atoms with van der Waals surface area (Å²) in [4.78, 5) is 10.2. The highest BCUT2D eigenvalue weighted by atomic mass is 32.2. The van der Waals surface area contributed by atoms with Gasteiger partial charge in [-0.1, -0.05) is 30.3 Å². The summed E-state index contributed by atoms with van der Waals surface area (Å²) in [6, 6.07) is 12.9. The largest absolute Gasteiger partial charge is 0.495 e. The van der Waals surface area contributed by atoms with Gasteiger partial charge < -0.3 is 10.5 Å². The lowest BCUT2D eigenvalue weighted by Crippen LogP contribution is -2.37. The molecule has 0 saturated heterocycles. The van der Waals surface area contributed by atoms with Crippen LogP contribution in [0.15, 0.2) is 53.4 Å². The summed E-state index contributed by atoms with van der Waals surface area (Å²) in [7, 11) is -2.64. The van der Waals surface area contributed by atoms with Crippen molar-refractivity contribution in [3.8, 4) is 5.75 Å². The second-order valence-corrected chi connectivity index (χ2v) is 7.43. The summed E-state index contributed by atoms with van der Waals surface area (Å²) < 4.78 is 32.4. The molecule has 0 bridgehead atoms. The Balaban J connectivity index is 2.33. The van der Waals surface area contributed by atoms with Gasteiger partial charge in [0, 0.05) is 25.7 Å². The Labute approximate surface area is 152 Å². The van der Waals surface area contributed by atoms with Crippen molar-refractivity contribution in [2.45, 2.75) is 11.3 Å². The van der Waals surface area contributed by atoms with Crippen LogP contribution in [0.3, 0.4) is 0 Å². The summed E-state index contributed by atoms with van der Waals surface area (Å²) in [5, 5.41) is 10.9. The van der Waals surface area contributed by atoms with Crippen LogP contribution in [0.2, 0.25) is 0 Å². The summed E-state index contributed by atoms with van der Waals surface area (Å²) in [6.07, 6.45) is 0.523. The quantitative estimate of drug-likeness (QED) is 0.524. The van der Waals surface area contributed by atoms with Crippen LogP contribution in [0.25, 0.3) is 0 Å². The van der Waals surface area contributed by atoms with E-state index in [0.29, 0.717) is 6.42 Å². The third kappa shape index (κ3) is 4.57. The monoisotopic (exact) mass is 379 g/mol. The lowest BCUT2D eigenvalue weighted by molar-refractivity contribution is -0.385. The number of hydrogen-bond donors (Lipinski definition) is 1.